The minimum absolute atomic E-state index is 0.142. The van der Waals surface area contributed by atoms with Crippen LogP contribution in [0, 0.1) is 5.82 Å². The largest absolute Gasteiger partial charge is 0.399 e. The number of nitrogens with zero attached hydrogens (tertiary/aromatic N) is 1. The Morgan fingerprint density at radius 1 is 1.25 bits per heavy atom. The van der Waals surface area contributed by atoms with Crippen molar-refractivity contribution < 1.29 is 17.6 Å². The number of rotatable bonds is 3. The van der Waals surface area contributed by atoms with E-state index in [2.05, 4.69) is 0 Å². The van der Waals surface area contributed by atoms with Crippen molar-refractivity contribution in [3.8, 4) is 0 Å². The summed E-state index contributed by atoms with van der Waals surface area (Å²) in [6.07, 6.45) is 2.80. The number of piperidine rings is 1. The van der Waals surface area contributed by atoms with Gasteiger partial charge in [-0.2, -0.15) is 0 Å². The van der Waals surface area contributed by atoms with Crippen molar-refractivity contribution in [3.63, 3.8) is 0 Å². The predicted octanol–water partition coefficient (Wildman–Crippen LogP) is 1.19. The topological polar surface area (TPSA) is 80.5 Å². The molecule has 0 aliphatic carbocycles. The lowest BCUT2D eigenvalue weighted by molar-refractivity contribution is -0.129. The number of carbonyl (C=O) groups excluding carboxylic acids is 1. The maximum Gasteiger partial charge on any atom is 0.238 e. The molecule has 5 nitrogen and oxygen atoms in total. The zero-order chi connectivity index (χ0) is 14.8. The Morgan fingerprint density at radius 3 is 2.50 bits per heavy atom. The summed E-state index contributed by atoms with van der Waals surface area (Å²) in [5, 5.41) is 0. The van der Waals surface area contributed by atoms with Crippen LogP contribution in [0.4, 0.5) is 10.1 Å². The van der Waals surface area contributed by atoms with Gasteiger partial charge in [0.1, 0.15) is 16.5 Å². The third-order valence-electron chi connectivity index (χ3n) is 3.31. The third kappa shape index (κ3) is 3.27. The van der Waals surface area contributed by atoms with Gasteiger partial charge in [0.25, 0.3) is 0 Å². The smallest absolute Gasteiger partial charge is 0.238 e. The fourth-order valence-corrected chi connectivity index (χ4v) is 3.54. The Hall–Kier alpha value is -1.63. The number of halogens is 1. The normalized spacial score (nSPS) is 16.1. The highest BCUT2D eigenvalue weighted by Crippen LogP contribution is 2.19. The number of hydrogen-bond acceptors (Lipinski definition) is 4. The van der Waals surface area contributed by atoms with Crippen LogP contribution in [0.3, 0.4) is 0 Å². The van der Waals surface area contributed by atoms with E-state index in [0.29, 0.717) is 13.1 Å². The van der Waals surface area contributed by atoms with Gasteiger partial charge in [0.05, 0.1) is 0 Å². The van der Waals surface area contributed by atoms with E-state index in [1.807, 2.05) is 0 Å². The standard InChI is InChI=1S/C13H17FN2O3S/c14-11-8-10(15)4-5-12(11)20(18,19)9-13(17)16-6-2-1-3-7-16/h4-5,8H,1-3,6-7,9,15H2. The first kappa shape index (κ1) is 14.8. The quantitative estimate of drug-likeness (QED) is 0.850. The second-order valence-corrected chi connectivity index (χ2v) is 6.85. The Morgan fingerprint density at radius 2 is 1.90 bits per heavy atom. The van der Waals surface area contributed by atoms with Crippen LogP contribution in [-0.2, 0) is 14.6 Å². The number of nitrogen functional groups attached to an aromatic ring is 1. The van der Waals surface area contributed by atoms with Crippen molar-refractivity contribution >= 4 is 21.4 Å². The SMILES string of the molecule is Nc1ccc(S(=O)(=O)CC(=O)N2CCCCC2)c(F)c1. The molecule has 1 saturated heterocycles. The molecule has 1 aromatic carbocycles. The Bertz CT molecular complexity index is 610. The number of sulfone groups is 1. The predicted molar refractivity (Wildman–Crippen MR) is 73.3 cm³/mol. The fourth-order valence-electron chi connectivity index (χ4n) is 2.24. The fraction of sp³-hybridized carbons (Fsp3) is 0.462. The molecule has 1 aromatic rings. The first-order valence-electron chi connectivity index (χ1n) is 6.46. The van der Waals surface area contributed by atoms with Crippen LogP contribution >= 0.6 is 0 Å². The molecular formula is C13H17FN2O3S. The zero-order valence-corrected chi connectivity index (χ0v) is 11.8. The molecule has 0 radical (unpaired) electrons. The summed E-state index contributed by atoms with van der Waals surface area (Å²) in [4.78, 5) is 13.0. The van der Waals surface area contributed by atoms with Gasteiger partial charge in [-0.05, 0) is 37.5 Å². The van der Waals surface area contributed by atoms with Gasteiger partial charge in [-0.3, -0.25) is 4.79 Å². The number of hydrogen-bond donors (Lipinski definition) is 1. The van der Waals surface area contributed by atoms with Crippen LogP contribution in [0.1, 0.15) is 19.3 Å². The van der Waals surface area contributed by atoms with Gasteiger partial charge in [-0.1, -0.05) is 0 Å². The highest BCUT2D eigenvalue weighted by Gasteiger charge is 2.26. The average Bonchev–Trinajstić information content (AvgIpc) is 2.38. The van der Waals surface area contributed by atoms with E-state index in [1.54, 1.807) is 0 Å². The zero-order valence-electron chi connectivity index (χ0n) is 11.0. The first-order valence-corrected chi connectivity index (χ1v) is 8.11. The van der Waals surface area contributed by atoms with Gasteiger partial charge in [0, 0.05) is 18.8 Å². The van der Waals surface area contributed by atoms with Crippen molar-refractivity contribution in [1.82, 2.24) is 4.90 Å². The summed E-state index contributed by atoms with van der Waals surface area (Å²) in [6, 6.07) is 3.35. The highest BCUT2D eigenvalue weighted by atomic mass is 32.2. The van der Waals surface area contributed by atoms with Gasteiger partial charge in [0.2, 0.25) is 5.91 Å². The van der Waals surface area contributed by atoms with Crippen LogP contribution in [0.25, 0.3) is 0 Å². The Labute approximate surface area is 117 Å². The van der Waals surface area contributed by atoms with Gasteiger partial charge < -0.3 is 10.6 Å². The van der Waals surface area contributed by atoms with Crippen molar-refractivity contribution in [2.75, 3.05) is 24.6 Å². The maximum absolute atomic E-state index is 13.7. The Balaban J connectivity index is 2.16. The van der Waals surface area contributed by atoms with E-state index in [-0.39, 0.29) is 5.69 Å². The minimum atomic E-state index is -3.98. The van der Waals surface area contributed by atoms with Gasteiger partial charge in [0.15, 0.2) is 9.84 Å². The van der Waals surface area contributed by atoms with Gasteiger partial charge in [-0.15, -0.1) is 0 Å². The van der Waals surface area contributed by atoms with E-state index < -0.39 is 32.2 Å². The minimum Gasteiger partial charge on any atom is -0.399 e. The van der Waals surface area contributed by atoms with Gasteiger partial charge >= 0.3 is 0 Å². The molecule has 2 rings (SSSR count). The lowest BCUT2D eigenvalue weighted by Gasteiger charge is -2.26. The van der Waals surface area contributed by atoms with E-state index in [1.165, 1.54) is 11.0 Å². The molecule has 1 aliphatic rings. The van der Waals surface area contributed by atoms with Crippen molar-refractivity contribution in [2.45, 2.75) is 24.2 Å². The van der Waals surface area contributed by atoms with Crippen LogP contribution in [0.15, 0.2) is 23.1 Å². The monoisotopic (exact) mass is 300 g/mol. The second kappa shape index (κ2) is 5.78. The van der Waals surface area contributed by atoms with Crippen LogP contribution in [-0.4, -0.2) is 38.1 Å². The lowest BCUT2D eigenvalue weighted by Crippen LogP contribution is -2.39. The van der Waals surface area contributed by atoms with Crippen molar-refractivity contribution in [2.24, 2.45) is 0 Å². The van der Waals surface area contributed by atoms with Gasteiger partial charge in [-0.25, -0.2) is 12.8 Å². The summed E-state index contributed by atoms with van der Waals surface area (Å²) in [5.41, 5.74) is 5.52. The molecule has 0 bridgehead atoms. The lowest BCUT2D eigenvalue weighted by atomic mass is 10.1. The first-order chi connectivity index (χ1) is 9.40. The number of benzene rings is 1. The van der Waals surface area contributed by atoms with E-state index >= 15 is 0 Å². The molecule has 1 amide bonds. The third-order valence-corrected chi connectivity index (χ3v) is 4.94. The average molecular weight is 300 g/mol. The molecule has 0 unspecified atom stereocenters. The second-order valence-electron chi connectivity index (χ2n) is 4.89. The molecular weight excluding hydrogens is 283 g/mol. The van der Waals surface area contributed by atoms with E-state index in [9.17, 15) is 17.6 Å². The summed E-state index contributed by atoms with van der Waals surface area (Å²) < 4.78 is 37.8. The molecule has 1 fully saturated rings. The molecule has 1 heterocycles. The summed E-state index contributed by atoms with van der Waals surface area (Å²) >= 11 is 0. The highest BCUT2D eigenvalue weighted by molar-refractivity contribution is 7.92. The molecule has 110 valence electrons. The number of nitrogens with two attached hydrogens (primary N) is 1. The molecule has 20 heavy (non-hydrogen) atoms. The van der Waals surface area contributed by atoms with Crippen LogP contribution < -0.4 is 5.73 Å². The van der Waals surface area contributed by atoms with Crippen molar-refractivity contribution in [3.05, 3.63) is 24.0 Å². The number of amides is 1. The van der Waals surface area contributed by atoms with E-state index in [0.717, 1.165) is 31.4 Å². The molecule has 7 heteroatoms. The van der Waals surface area contributed by atoms with Crippen LogP contribution in [0.5, 0.6) is 0 Å². The summed E-state index contributed by atoms with van der Waals surface area (Å²) in [7, 11) is -3.98. The Kier molecular flexibility index (Phi) is 4.27. The van der Waals surface area contributed by atoms with E-state index in [4.69, 9.17) is 5.73 Å². The molecule has 1 aliphatic heterocycles. The summed E-state index contributed by atoms with van der Waals surface area (Å²) in [5.74, 6) is -2.09. The number of carbonyl (C=O) groups is 1. The maximum atomic E-state index is 13.7. The summed E-state index contributed by atoms with van der Waals surface area (Å²) in [6.45, 7) is 1.14. The molecule has 0 aromatic heterocycles. The number of anilines is 1. The number of likely N-dealkylation sites (tertiary alicyclic amines) is 1. The molecule has 0 atom stereocenters. The molecule has 0 saturated carbocycles. The molecule has 2 N–H and O–H groups in total. The van der Waals surface area contributed by atoms with Crippen LogP contribution in [0.2, 0.25) is 0 Å². The van der Waals surface area contributed by atoms with Crippen molar-refractivity contribution in [1.29, 1.82) is 0 Å². The molecule has 0 spiro atoms.